The van der Waals surface area contributed by atoms with Crippen LogP contribution < -0.4 is 4.74 Å². The molecule has 3 aliphatic rings. The summed E-state index contributed by atoms with van der Waals surface area (Å²) in [5, 5.41) is 20.8. The van der Waals surface area contributed by atoms with Crippen LogP contribution >= 0.6 is 0 Å². The van der Waals surface area contributed by atoms with E-state index in [0.29, 0.717) is 6.42 Å². The number of hydrogen-bond donors (Lipinski definition) is 2. The summed E-state index contributed by atoms with van der Waals surface area (Å²) in [6.45, 7) is 1.83. The van der Waals surface area contributed by atoms with Gasteiger partial charge in [0, 0.05) is 17.8 Å². The van der Waals surface area contributed by atoms with Crippen molar-refractivity contribution in [1.29, 1.82) is 0 Å². The molecule has 3 aliphatic carbocycles. The van der Waals surface area contributed by atoms with Gasteiger partial charge in [-0.2, -0.15) is 0 Å². The van der Waals surface area contributed by atoms with Gasteiger partial charge in [0.2, 0.25) is 0 Å². The smallest absolute Gasteiger partial charge is 0.147 e. The lowest BCUT2D eigenvalue weighted by Crippen LogP contribution is -2.58. The highest BCUT2D eigenvalue weighted by Crippen LogP contribution is 2.64. The summed E-state index contributed by atoms with van der Waals surface area (Å²) < 4.78 is 21.4. The SMILES string of the molecule is COc1ccc2c(c1)CC[C@@H]1[C@@H]2CC[C@]2(C)[C@@H](O)C[C@@H](O)[C@]12F. The summed E-state index contributed by atoms with van der Waals surface area (Å²) in [4.78, 5) is 0. The van der Waals surface area contributed by atoms with Crippen molar-refractivity contribution < 1.29 is 19.3 Å². The zero-order chi connectivity index (χ0) is 16.4. The molecule has 6 atom stereocenters. The Hall–Kier alpha value is -1.13. The van der Waals surface area contributed by atoms with Gasteiger partial charge in [0.15, 0.2) is 0 Å². The molecule has 2 fully saturated rings. The zero-order valence-electron chi connectivity index (χ0n) is 13.8. The molecule has 2 N–H and O–H groups in total. The predicted octanol–water partition coefficient (Wildman–Crippen LogP) is 2.98. The Morgan fingerprint density at radius 3 is 2.74 bits per heavy atom. The van der Waals surface area contributed by atoms with Crippen LogP contribution in [0.3, 0.4) is 0 Å². The summed E-state index contributed by atoms with van der Waals surface area (Å²) in [6.07, 6.45) is 1.37. The molecule has 4 heteroatoms. The maximum atomic E-state index is 16.1. The molecule has 1 aromatic carbocycles. The van der Waals surface area contributed by atoms with Crippen LogP contribution in [0.1, 0.15) is 49.7 Å². The van der Waals surface area contributed by atoms with Gasteiger partial charge in [-0.3, -0.25) is 0 Å². The quantitative estimate of drug-likeness (QED) is 0.836. The van der Waals surface area contributed by atoms with Crippen LogP contribution in [0.4, 0.5) is 4.39 Å². The van der Waals surface area contributed by atoms with Crippen molar-refractivity contribution in [2.24, 2.45) is 11.3 Å². The normalized spacial score (nSPS) is 45.1. The second-order valence-electron chi connectivity index (χ2n) is 7.81. The van der Waals surface area contributed by atoms with Gasteiger partial charge in [-0.25, -0.2) is 4.39 Å². The van der Waals surface area contributed by atoms with E-state index in [9.17, 15) is 10.2 Å². The number of aryl methyl sites for hydroxylation is 1. The molecule has 0 amide bonds. The molecule has 0 heterocycles. The molecule has 2 saturated carbocycles. The van der Waals surface area contributed by atoms with E-state index in [4.69, 9.17) is 4.74 Å². The van der Waals surface area contributed by atoms with E-state index >= 15 is 4.39 Å². The Labute approximate surface area is 136 Å². The largest absolute Gasteiger partial charge is 0.497 e. The maximum absolute atomic E-state index is 16.1. The molecule has 0 aliphatic heterocycles. The molecule has 4 rings (SSSR count). The third-order valence-electron chi connectivity index (χ3n) is 7.02. The molecule has 23 heavy (non-hydrogen) atoms. The van der Waals surface area contributed by atoms with E-state index in [1.165, 1.54) is 11.1 Å². The number of methoxy groups -OCH3 is 1. The lowest BCUT2D eigenvalue weighted by molar-refractivity contribution is -0.147. The highest BCUT2D eigenvalue weighted by Gasteiger charge is 2.69. The highest BCUT2D eigenvalue weighted by atomic mass is 19.1. The molecule has 0 spiro atoms. The van der Waals surface area contributed by atoms with E-state index in [-0.39, 0.29) is 18.3 Å². The number of fused-ring (bicyclic) bond motifs is 5. The van der Waals surface area contributed by atoms with Crippen LogP contribution in [-0.2, 0) is 6.42 Å². The molecule has 126 valence electrons. The van der Waals surface area contributed by atoms with Crippen molar-refractivity contribution in [1.82, 2.24) is 0 Å². The molecule has 1 aromatic rings. The van der Waals surface area contributed by atoms with E-state index < -0.39 is 23.3 Å². The first-order valence-corrected chi connectivity index (χ1v) is 8.63. The first-order valence-electron chi connectivity index (χ1n) is 8.63. The molecular weight excluding hydrogens is 295 g/mol. The molecule has 3 nitrogen and oxygen atoms in total. The summed E-state index contributed by atoms with van der Waals surface area (Å²) in [6, 6.07) is 6.07. The van der Waals surface area contributed by atoms with Crippen molar-refractivity contribution in [2.75, 3.05) is 7.11 Å². The van der Waals surface area contributed by atoms with Crippen LogP contribution in [0.15, 0.2) is 18.2 Å². The van der Waals surface area contributed by atoms with Crippen LogP contribution in [0.25, 0.3) is 0 Å². The Balaban J connectivity index is 1.76. The average Bonchev–Trinajstić information content (AvgIpc) is 2.74. The fourth-order valence-electron chi connectivity index (χ4n) is 5.64. The summed E-state index contributed by atoms with van der Waals surface area (Å²) in [5.41, 5.74) is -0.0645. The second-order valence-corrected chi connectivity index (χ2v) is 7.81. The third-order valence-corrected chi connectivity index (χ3v) is 7.02. The van der Waals surface area contributed by atoms with Crippen molar-refractivity contribution >= 4 is 0 Å². The summed E-state index contributed by atoms with van der Waals surface area (Å²) in [5.74, 6) is 0.756. The number of rotatable bonds is 1. The van der Waals surface area contributed by atoms with E-state index in [1.807, 2.05) is 13.0 Å². The first-order chi connectivity index (χ1) is 10.9. The van der Waals surface area contributed by atoms with Gasteiger partial charge < -0.3 is 14.9 Å². The van der Waals surface area contributed by atoms with Crippen molar-refractivity contribution in [3.63, 3.8) is 0 Å². The van der Waals surface area contributed by atoms with E-state index in [2.05, 4.69) is 12.1 Å². The van der Waals surface area contributed by atoms with Crippen LogP contribution in [0, 0.1) is 11.3 Å². The number of aliphatic hydroxyl groups excluding tert-OH is 2. The molecule has 0 bridgehead atoms. The lowest BCUT2D eigenvalue weighted by atomic mass is 9.53. The van der Waals surface area contributed by atoms with Gasteiger partial charge in [0.1, 0.15) is 11.4 Å². The average molecular weight is 320 g/mol. The minimum absolute atomic E-state index is 0.127. The van der Waals surface area contributed by atoms with Gasteiger partial charge in [-0.15, -0.1) is 0 Å². The fraction of sp³-hybridized carbons (Fsp3) is 0.684. The number of ether oxygens (including phenoxy) is 1. The van der Waals surface area contributed by atoms with Crippen molar-refractivity contribution in [3.8, 4) is 5.75 Å². The van der Waals surface area contributed by atoms with E-state index in [1.54, 1.807) is 7.11 Å². The Morgan fingerprint density at radius 2 is 2.00 bits per heavy atom. The Kier molecular flexibility index (Phi) is 3.30. The molecule has 0 saturated heterocycles. The number of aliphatic hydroxyl groups is 2. The molecule has 0 aromatic heterocycles. The van der Waals surface area contributed by atoms with Gasteiger partial charge in [0.05, 0.1) is 19.3 Å². The predicted molar refractivity (Wildman–Crippen MR) is 85.4 cm³/mol. The number of alkyl halides is 1. The monoisotopic (exact) mass is 320 g/mol. The second kappa shape index (κ2) is 4.93. The standard InChI is InChI=1S/C19H25FO3/c1-18-8-7-14-13-5-4-12(23-2)9-11(13)3-6-15(14)19(18,20)17(22)10-16(18)21/h4-5,9,14-17,21-22H,3,6-8,10H2,1-2H3/t14-,15-,16+,17-,18-,19-/m1/s1. The van der Waals surface area contributed by atoms with Gasteiger partial charge in [0.25, 0.3) is 0 Å². The van der Waals surface area contributed by atoms with Gasteiger partial charge in [-0.05, 0) is 54.9 Å². The van der Waals surface area contributed by atoms with Crippen LogP contribution in [0.2, 0.25) is 0 Å². The fourth-order valence-corrected chi connectivity index (χ4v) is 5.64. The Bertz CT molecular complexity index is 633. The van der Waals surface area contributed by atoms with Gasteiger partial charge in [-0.1, -0.05) is 13.0 Å². The summed E-state index contributed by atoms with van der Waals surface area (Å²) in [7, 11) is 1.66. The van der Waals surface area contributed by atoms with Crippen LogP contribution in [-0.4, -0.2) is 35.2 Å². The molecular formula is C19H25FO3. The van der Waals surface area contributed by atoms with Gasteiger partial charge >= 0.3 is 0 Å². The van der Waals surface area contributed by atoms with E-state index in [0.717, 1.165) is 25.0 Å². The topological polar surface area (TPSA) is 49.7 Å². The summed E-state index contributed by atoms with van der Waals surface area (Å²) >= 11 is 0. The zero-order valence-corrected chi connectivity index (χ0v) is 13.8. The number of hydrogen-bond acceptors (Lipinski definition) is 3. The van der Waals surface area contributed by atoms with Crippen molar-refractivity contribution in [3.05, 3.63) is 29.3 Å². The highest BCUT2D eigenvalue weighted by molar-refractivity contribution is 5.41. The number of halogens is 1. The first kappa shape index (κ1) is 15.4. The molecule has 0 unspecified atom stereocenters. The maximum Gasteiger partial charge on any atom is 0.147 e. The Morgan fingerprint density at radius 1 is 1.22 bits per heavy atom. The third kappa shape index (κ3) is 1.82. The minimum Gasteiger partial charge on any atom is -0.497 e. The minimum atomic E-state index is -1.69. The lowest BCUT2D eigenvalue weighted by Gasteiger charge is -2.54. The number of benzene rings is 1. The van der Waals surface area contributed by atoms with Crippen LogP contribution in [0.5, 0.6) is 5.75 Å². The molecule has 0 radical (unpaired) electrons. The van der Waals surface area contributed by atoms with Crippen molar-refractivity contribution in [2.45, 2.75) is 62.8 Å².